The normalized spacial score (nSPS) is 20.6. The molecule has 2 aromatic heterocycles. The molecule has 2 atom stereocenters. The van der Waals surface area contributed by atoms with Crippen molar-refractivity contribution in [3.05, 3.63) is 56.5 Å². The summed E-state index contributed by atoms with van der Waals surface area (Å²) in [6.07, 6.45) is 2.75. The minimum Gasteiger partial charge on any atom is -0.481 e. The number of hydrogen-bond donors (Lipinski definition) is 2. The molecule has 3 aromatic rings. The topological polar surface area (TPSA) is 68.2 Å². The smallest absolute Gasteiger partial charge is 0.261 e. The van der Waals surface area contributed by atoms with Crippen molar-refractivity contribution < 1.29 is 9.53 Å². The first-order valence-corrected chi connectivity index (χ1v) is 11.8. The molecule has 0 unspecified atom stereocenters. The van der Waals surface area contributed by atoms with Gasteiger partial charge in [0.15, 0.2) is 5.06 Å². The highest BCUT2D eigenvalue weighted by molar-refractivity contribution is 9.10. The van der Waals surface area contributed by atoms with Gasteiger partial charge in [-0.2, -0.15) is 5.10 Å². The minimum atomic E-state index is -0.0773. The average Bonchev–Trinajstić information content (AvgIpc) is 3.28. The van der Waals surface area contributed by atoms with Crippen LogP contribution in [0, 0.1) is 0 Å². The van der Waals surface area contributed by atoms with Crippen LogP contribution in [0.1, 0.15) is 27.6 Å². The first-order chi connectivity index (χ1) is 14.6. The van der Waals surface area contributed by atoms with Crippen LogP contribution in [-0.2, 0) is 6.54 Å². The fraction of sp³-hybridized carbons (Fsp3) is 0.333. The number of rotatable bonds is 3. The van der Waals surface area contributed by atoms with Gasteiger partial charge in [-0.15, -0.1) is 0 Å². The second-order valence-corrected chi connectivity index (χ2v) is 9.76. The summed E-state index contributed by atoms with van der Waals surface area (Å²) in [6, 6.07) is 9.84. The summed E-state index contributed by atoms with van der Waals surface area (Å²) in [6.45, 7) is 2.87. The van der Waals surface area contributed by atoms with Crippen molar-refractivity contribution in [3.63, 3.8) is 0 Å². The van der Waals surface area contributed by atoms with Gasteiger partial charge in [0.1, 0.15) is 6.61 Å². The van der Waals surface area contributed by atoms with E-state index in [-0.39, 0.29) is 17.9 Å². The van der Waals surface area contributed by atoms with E-state index in [1.165, 1.54) is 16.9 Å². The maximum Gasteiger partial charge on any atom is 0.261 e. The van der Waals surface area contributed by atoms with Gasteiger partial charge in [-0.1, -0.05) is 35.1 Å². The summed E-state index contributed by atoms with van der Waals surface area (Å²) in [5.41, 5.74) is 3.06. The Bertz CT molecular complexity index is 1080. The lowest BCUT2D eigenvalue weighted by Gasteiger charge is -2.33. The van der Waals surface area contributed by atoms with Crippen LogP contribution >= 0.6 is 38.9 Å². The van der Waals surface area contributed by atoms with E-state index >= 15 is 0 Å². The van der Waals surface area contributed by atoms with E-state index in [0.29, 0.717) is 18.0 Å². The highest BCUT2D eigenvalue weighted by Crippen LogP contribution is 2.42. The van der Waals surface area contributed by atoms with E-state index < -0.39 is 0 Å². The zero-order valence-electron chi connectivity index (χ0n) is 16.0. The van der Waals surface area contributed by atoms with Crippen molar-refractivity contribution in [1.82, 2.24) is 20.4 Å². The van der Waals surface area contributed by atoms with Crippen LogP contribution in [0.5, 0.6) is 5.06 Å². The lowest BCUT2D eigenvalue weighted by atomic mass is 9.86. The van der Waals surface area contributed by atoms with Gasteiger partial charge in [-0.25, -0.2) is 0 Å². The molecule has 4 heterocycles. The van der Waals surface area contributed by atoms with Crippen LogP contribution in [0.3, 0.4) is 0 Å². The van der Waals surface area contributed by atoms with Gasteiger partial charge in [0.25, 0.3) is 5.91 Å². The summed E-state index contributed by atoms with van der Waals surface area (Å²) in [5.74, 6) is 0.170. The predicted molar refractivity (Wildman–Crippen MR) is 122 cm³/mol. The Morgan fingerprint density at radius 1 is 1.37 bits per heavy atom. The molecular formula is C21H20BrClN4O2S. The van der Waals surface area contributed by atoms with Crippen LogP contribution in [0.2, 0.25) is 5.02 Å². The number of carbonyl (C=O) groups excluding carboxylic acids is 1. The Morgan fingerprint density at radius 2 is 2.20 bits per heavy atom. The molecule has 0 aliphatic carbocycles. The van der Waals surface area contributed by atoms with E-state index in [4.69, 9.17) is 16.3 Å². The Hall–Kier alpha value is -1.87. The van der Waals surface area contributed by atoms with Crippen molar-refractivity contribution in [2.24, 2.45) is 0 Å². The largest absolute Gasteiger partial charge is 0.481 e. The number of halogens is 2. The summed E-state index contributed by atoms with van der Waals surface area (Å²) in [4.78, 5) is 13.8. The number of benzene rings is 1. The molecule has 0 saturated carbocycles. The van der Waals surface area contributed by atoms with Gasteiger partial charge >= 0.3 is 0 Å². The van der Waals surface area contributed by atoms with Crippen LogP contribution in [0.4, 0.5) is 0 Å². The van der Waals surface area contributed by atoms with Crippen molar-refractivity contribution in [1.29, 1.82) is 0 Å². The number of hydrogen-bond acceptors (Lipinski definition) is 5. The van der Waals surface area contributed by atoms with Crippen molar-refractivity contribution in [2.75, 3.05) is 19.7 Å². The molecule has 0 radical (unpaired) electrons. The molecule has 5 rings (SSSR count). The second-order valence-electron chi connectivity index (χ2n) is 7.46. The third kappa shape index (κ3) is 3.77. The molecule has 9 heteroatoms. The van der Waals surface area contributed by atoms with Crippen LogP contribution in [0.25, 0.3) is 11.3 Å². The fourth-order valence-electron chi connectivity index (χ4n) is 4.14. The van der Waals surface area contributed by atoms with Gasteiger partial charge in [0.05, 0.1) is 33.3 Å². The van der Waals surface area contributed by atoms with Crippen LogP contribution in [-0.4, -0.2) is 41.4 Å². The average molecular weight is 508 g/mol. The third-order valence-corrected chi connectivity index (χ3v) is 7.48. The van der Waals surface area contributed by atoms with Crippen molar-refractivity contribution in [3.8, 4) is 16.3 Å². The highest BCUT2D eigenvalue weighted by Gasteiger charge is 2.30. The zero-order valence-corrected chi connectivity index (χ0v) is 19.2. The molecule has 6 nitrogen and oxygen atoms in total. The van der Waals surface area contributed by atoms with Gasteiger partial charge in [0, 0.05) is 23.5 Å². The molecule has 1 saturated heterocycles. The molecule has 1 fully saturated rings. The monoisotopic (exact) mass is 506 g/mol. The fourth-order valence-corrected chi connectivity index (χ4v) is 5.71. The molecule has 2 aliphatic rings. The summed E-state index contributed by atoms with van der Waals surface area (Å²) in [7, 11) is 0. The van der Waals surface area contributed by atoms with E-state index in [1.807, 2.05) is 22.9 Å². The number of ether oxygens (including phenoxy) is 1. The second kappa shape index (κ2) is 8.34. The Balaban J connectivity index is 1.39. The number of aromatic nitrogens is 2. The summed E-state index contributed by atoms with van der Waals surface area (Å²) in [5, 5.41) is 12.5. The summed E-state index contributed by atoms with van der Waals surface area (Å²) >= 11 is 11.0. The molecule has 0 spiro atoms. The number of carbonyl (C=O) groups is 1. The maximum absolute atomic E-state index is 13.1. The minimum absolute atomic E-state index is 0.00696. The number of nitrogens with zero attached hydrogens (tertiary/aromatic N) is 2. The van der Waals surface area contributed by atoms with Gasteiger partial charge in [0.2, 0.25) is 0 Å². The SMILES string of the molecule is O=C(N[C@@H]1CNCC[C@H]1c1ccc(Cl)cc1)c1cc2c(s1)OCCn1ncc(Br)c1-2. The zero-order chi connectivity index (χ0) is 20.7. The molecule has 0 bridgehead atoms. The number of nitrogens with one attached hydrogen (secondary N) is 2. The van der Waals surface area contributed by atoms with Gasteiger partial charge in [-0.05, 0) is 52.7 Å². The maximum atomic E-state index is 13.1. The molecule has 2 N–H and O–H groups in total. The lowest BCUT2D eigenvalue weighted by Crippen LogP contribution is -2.49. The van der Waals surface area contributed by atoms with Crippen LogP contribution < -0.4 is 15.4 Å². The molecule has 2 aliphatic heterocycles. The third-order valence-electron chi connectivity index (χ3n) is 5.60. The molecular weight excluding hydrogens is 488 g/mol. The number of thiophene rings is 1. The van der Waals surface area contributed by atoms with E-state index in [2.05, 4.69) is 43.8 Å². The Morgan fingerprint density at radius 3 is 3.03 bits per heavy atom. The number of amides is 1. The van der Waals surface area contributed by atoms with E-state index in [9.17, 15) is 4.79 Å². The first-order valence-electron chi connectivity index (χ1n) is 9.85. The van der Waals surface area contributed by atoms with Gasteiger partial charge < -0.3 is 15.4 Å². The first kappa shape index (κ1) is 20.1. The van der Waals surface area contributed by atoms with E-state index in [0.717, 1.165) is 45.3 Å². The predicted octanol–water partition coefficient (Wildman–Crippen LogP) is 4.30. The standard InChI is InChI=1S/C21H20BrClN4O2S/c22-16-10-25-27-7-8-29-21-15(19(16)27)9-18(30-21)20(28)26-17-11-24-6-5-14(17)12-1-3-13(23)4-2-12/h1-4,9-10,14,17,24H,5-8,11H2,(H,26,28)/t14-,17+/m0/s1. The van der Waals surface area contributed by atoms with E-state index in [1.54, 1.807) is 6.20 Å². The Kier molecular flexibility index (Phi) is 5.58. The molecule has 30 heavy (non-hydrogen) atoms. The quantitative estimate of drug-likeness (QED) is 0.555. The summed E-state index contributed by atoms with van der Waals surface area (Å²) < 4.78 is 8.71. The molecule has 1 amide bonds. The molecule has 1 aromatic carbocycles. The Labute approximate surface area is 191 Å². The van der Waals surface area contributed by atoms with Crippen molar-refractivity contribution >= 4 is 44.8 Å². The lowest BCUT2D eigenvalue weighted by molar-refractivity contribution is 0.0928. The number of fused-ring (bicyclic) bond motifs is 3. The van der Waals surface area contributed by atoms with Crippen molar-refractivity contribution in [2.45, 2.75) is 24.9 Å². The number of piperidine rings is 1. The molecule has 156 valence electrons. The highest BCUT2D eigenvalue weighted by atomic mass is 79.9. The van der Waals surface area contributed by atoms with Crippen LogP contribution in [0.15, 0.2) is 41.0 Å². The van der Waals surface area contributed by atoms with Gasteiger partial charge in [-0.3, -0.25) is 9.48 Å².